The van der Waals surface area contributed by atoms with E-state index in [2.05, 4.69) is 122 Å². The van der Waals surface area contributed by atoms with Crippen LogP contribution in [-0.2, 0) is 38.2 Å². The zero-order valence-electron chi connectivity index (χ0n) is 62.9. The molecule has 3 aromatic carbocycles. The number of carboxylic acids is 1. The maximum Gasteiger partial charge on any atom is 0.413 e. The van der Waals surface area contributed by atoms with Gasteiger partial charge in [0, 0.05) is 37.7 Å². The predicted molar refractivity (Wildman–Crippen MR) is 411 cm³/mol. The van der Waals surface area contributed by atoms with E-state index >= 15 is 0 Å². The molecule has 108 heavy (non-hydrogen) atoms. The molecule has 0 radical (unpaired) electrons. The van der Waals surface area contributed by atoms with Crippen molar-refractivity contribution in [2.24, 2.45) is 17.8 Å². The fraction of sp³-hybridized carbons (Fsp3) is 0.367. The fourth-order valence-corrected chi connectivity index (χ4v) is 12.5. The summed E-state index contributed by atoms with van der Waals surface area (Å²) in [6.45, 7) is 24.4. The normalized spacial score (nSPS) is 17.6. The van der Waals surface area contributed by atoms with E-state index in [0.717, 1.165) is 83.0 Å². The van der Waals surface area contributed by atoms with Crippen LogP contribution in [-0.4, -0.2) is 139 Å². The second kappa shape index (κ2) is 36.2. The number of benzene rings is 3. The van der Waals surface area contributed by atoms with E-state index < -0.39 is 58.9 Å². The average molecular weight is 1470 g/mol. The van der Waals surface area contributed by atoms with Crippen LogP contribution in [0.4, 0.5) is 44.1 Å². The largest absolute Gasteiger partial charge is 0.474 e. The first-order valence-electron chi connectivity index (χ1n) is 35.8. The van der Waals surface area contributed by atoms with E-state index in [9.17, 15) is 38.4 Å². The van der Waals surface area contributed by atoms with Gasteiger partial charge in [-0.25, -0.2) is 29.3 Å². The van der Waals surface area contributed by atoms with Gasteiger partial charge >= 0.3 is 47.7 Å². The highest BCUT2D eigenvalue weighted by molar-refractivity contribution is 6.40. The van der Waals surface area contributed by atoms with Gasteiger partial charge in [-0.05, 0) is 212 Å². The Labute approximate surface area is 627 Å². The molecule has 29 nitrogen and oxygen atoms in total. The third-order valence-corrected chi connectivity index (χ3v) is 18.0. The van der Waals surface area contributed by atoms with Gasteiger partial charge in [0.05, 0.1) is 64.8 Å². The van der Waals surface area contributed by atoms with E-state index in [1.807, 2.05) is 66.7 Å². The van der Waals surface area contributed by atoms with Gasteiger partial charge in [0.1, 0.15) is 28.7 Å². The highest BCUT2D eigenvalue weighted by atomic mass is 16.6. The Balaban J connectivity index is 0.000000173. The minimum atomic E-state index is -1.59. The van der Waals surface area contributed by atoms with Crippen molar-refractivity contribution in [3.05, 3.63) is 180 Å². The molecule has 7 amide bonds. The van der Waals surface area contributed by atoms with Gasteiger partial charge in [-0.15, -0.1) is 0 Å². The van der Waals surface area contributed by atoms with E-state index in [1.165, 1.54) is 48.6 Å². The number of anilines is 6. The lowest BCUT2D eigenvalue weighted by Crippen LogP contribution is -2.46. The van der Waals surface area contributed by atoms with E-state index in [4.69, 9.17) is 20.3 Å². The Morgan fingerprint density at radius 1 is 0.463 bits per heavy atom. The topological polar surface area (TPSA) is 405 Å². The Bertz CT molecular complexity index is 4550. The molecular formula is C79H96N18O11. The molecule has 6 aromatic heterocycles. The number of carboxylic acid groups (broad SMARTS) is 1. The number of rotatable bonds is 11. The molecule has 568 valence electrons. The summed E-state index contributed by atoms with van der Waals surface area (Å²) in [6.07, 6.45) is 14.1. The molecule has 3 aliphatic heterocycles. The van der Waals surface area contributed by atoms with Crippen LogP contribution in [0.25, 0.3) is 33.8 Å². The monoisotopic (exact) mass is 1470 g/mol. The number of nitrogens with one attached hydrogen (secondary N) is 9. The summed E-state index contributed by atoms with van der Waals surface area (Å²) in [7, 11) is 0. The van der Waals surface area contributed by atoms with Crippen molar-refractivity contribution in [2.75, 3.05) is 52.0 Å². The van der Waals surface area contributed by atoms with Crippen LogP contribution >= 0.6 is 0 Å². The van der Waals surface area contributed by atoms with Gasteiger partial charge in [-0.3, -0.25) is 49.9 Å². The molecule has 3 aliphatic rings. The van der Waals surface area contributed by atoms with Crippen molar-refractivity contribution < 1.29 is 52.9 Å². The number of ether oxygens (including phenoxy) is 2. The number of nitrogens with two attached hydrogens (primary N) is 1. The third kappa shape index (κ3) is 22.9. The fourth-order valence-electron chi connectivity index (χ4n) is 12.5. The lowest BCUT2D eigenvalue weighted by atomic mass is 9.89. The number of aromatic amines is 3. The van der Waals surface area contributed by atoms with Crippen LogP contribution in [0.1, 0.15) is 152 Å². The number of carbonyl (C=O) groups excluding carboxylic acids is 7. The quantitative estimate of drug-likeness (QED) is 0.0536. The zero-order chi connectivity index (χ0) is 78.0. The summed E-state index contributed by atoms with van der Waals surface area (Å²) in [5, 5.41) is 45.5. The van der Waals surface area contributed by atoms with Crippen LogP contribution in [0.2, 0.25) is 0 Å². The summed E-state index contributed by atoms with van der Waals surface area (Å²) in [4.78, 5) is 113. The highest BCUT2D eigenvalue weighted by Crippen LogP contribution is 2.37. The first kappa shape index (κ1) is 80.0. The molecule has 12 N–H and O–H groups in total. The van der Waals surface area contributed by atoms with Crippen LogP contribution in [0, 0.1) is 38.5 Å². The van der Waals surface area contributed by atoms with Crippen LogP contribution in [0.15, 0.2) is 146 Å². The average Bonchev–Trinajstić information content (AvgIpc) is 1.20. The predicted octanol–water partition coefficient (Wildman–Crippen LogP) is 13.3. The van der Waals surface area contributed by atoms with Crippen molar-refractivity contribution in [2.45, 2.75) is 151 Å². The summed E-state index contributed by atoms with van der Waals surface area (Å²) in [5.74, 6) is -2.88. The number of aliphatic carboxylic acids is 1. The molecule has 29 heteroatoms. The molecule has 0 saturated carbocycles. The minimum Gasteiger partial charge on any atom is -0.474 e. The number of likely N-dealkylation sites (tertiary alicyclic amines) is 2. The van der Waals surface area contributed by atoms with Gasteiger partial charge in [0.25, 0.3) is 0 Å². The summed E-state index contributed by atoms with van der Waals surface area (Å²) < 4.78 is 10.3. The van der Waals surface area contributed by atoms with E-state index in [0.29, 0.717) is 59.2 Å². The number of hydrogen-bond acceptors (Lipinski definition) is 18. The molecule has 0 spiro atoms. The molecule has 3 fully saturated rings. The summed E-state index contributed by atoms with van der Waals surface area (Å²) in [5.41, 5.74) is 16.9. The number of hydrogen-bond donors (Lipinski definition) is 11. The molecule has 12 rings (SSSR count). The lowest BCUT2D eigenvalue weighted by molar-refractivity contribution is -0.147. The smallest absolute Gasteiger partial charge is 0.413 e. The molecular weight excluding hydrogens is 1380 g/mol. The van der Waals surface area contributed by atoms with Gasteiger partial charge in [0.2, 0.25) is 0 Å². The number of pyridine rings is 3. The van der Waals surface area contributed by atoms with Crippen molar-refractivity contribution in [3.63, 3.8) is 0 Å². The van der Waals surface area contributed by atoms with E-state index in [1.54, 1.807) is 103 Å². The van der Waals surface area contributed by atoms with Gasteiger partial charge in [-0.1, -0.05) is 93.6 Å². The van der Waals surface area contributed by atoms with Crippen LogP contribution in [0.3, 0.4) is 0 Å². The number of amides is 7. The molecule has 0 unspecified atom stereocenters. The molecule has 0 bridgehead atoms. The Morgan fingerprint density at radius 3 is 1.16 bits per heavy atom. The Kier molecular flexibility index (Phi) is 26.8. The van der Waals surface area contributed by atoms with Gasteiger partial charge < -0.3 is 51.4 Å². The first-order chi connectivity index (χ1) is 51.3. The Morgan fingerprint density at radius 2 is 0.824 bits per heavy atom. The maximum atomic E-state index is 13.3. The zero-order valence-corrected chi connectivity index (χ0v) is 62.9. The molecule has 3 saturated heterocycles. The molecule has 9 aromatic rings. The lowest BCUT2D eigenvalue weighted by Gasteiger charge is -2.38. The van der Waals surface area contributed by atoms with E-state index in [-0.39, 0.29) is 29.5 Å². The molecule has 9 heterocycles. The third-order valence-electron chi connectivity index (χ3n) is 18.0. The standard InChI is InChI=1S/C28H34N6O4.C23H26N6O2.C15H19N3.C13H17N3O5/c1-17-6-11-23(20-9-7-19(8-10-20)22-12-13-30-33-22)34(16-17)26(36)25(35)31-21-14-18(2)24(29-15-21)32-27(37)38-28(3,4)5;1-14-3-8-20(17-6-4-16(5-7-17)19-9-10-26-28-19)29(13-14)23(31)22(30)27-18-11-15(2)21(24)25-12-18;1-11-2-7-14(16-10-11)12-3-5-13(6-4-12)15-8-9-17-18-15;1-7-5-8(15-10(17)11(18)19)6-14-9(7)16-12(20)21-13(2,3)4/h7-10,12-15,17,23H,6,11,16H2,1-5H3,(H,30,33)(H,31,35)(H,29,32,37);4-7,9-12,14,20H,3,8,13H2,1-2H3,(H2,24,25)(H,26,28)(H,27,30);3-6,8-9,11,14,16H,2,7,10H2,1H3,(H,17,18);5-6H,1-4H3,(H,15,17)(H,18,19)(H,14,16,20)/t17-,23+;14-,20+;11-,14+;/m111./s1. The second-order valence-electron chi connectivity index (χ2n) is 29.4. The van der Waals surface area contributed by atoms with Crippen LogP contribution < -0.4 is 37.6 Å². The summed E-state index contributed by atoms with van der Waals surface area (Å²) >= 11 is 0. The van der Waals surface area contributed by atoms with Crippen molar-refractivity contribution >= 4 is 82.2 Å². The van der Waals surface area contributed by atoms with Crippen LogP contribution in [0.5, 0.6) is 0 Å². The summed E-state index contributed by atoms with van der Waals surface area (Å²) in [6, 6.07) is 35.6. The number of piperidine rings is 3. The maximum absolute atomic E-state index is 13.3. The van der Waals surface area contributed by atoms with Crippen molar-refractivity contribution in [3.8, 4) is 33.8 Å². The molecule has 0 aliphatic carbocycles. The SMILES string of the molecule is C[C@@H]1CC[C@@H](c2ccc(-c3ccn[nH]3)cc2)NC1.Cc1cc(NC(=O)C(=O)N2C[C@H](C)CC[C@H]2c2ccc(-c3ccn[nH]3)cc2)cnc1N.Cc1cc(NC(=O)C(=O)N2C[C@H](C)CC[C@H]2c2ccc(-c3ccn[nH]3)cc2)cnc1NC(=O)OC(C)(C)C.Cc1cc(NC(=O)C(=O)O)cnc1NC(=O)OC(C)(C)C. The number of nitrogen functional groups attached to an aromatic ring is 1. The second-order valence-corrected chi connectivity index (χ2v) is 29.4. The minimum absolute atomic E-state index is 0.142. The number of H-pyrrole nitrogens is 3. The Hall–Kier alpha value is -12.1. The highest BCUT2D eigenvalue weighted by Gasteiger charge is 2.36. The van der Waals surface area contributed by atoms with Crippen molar-refractivity contribution in [1.29, 1.82) is 0 Å². The number of carbonyl (C=O) groups is 8. The van der Waals surface area contributed by atoms with Gasteiger partial charge in [0.15, 0.2) is 0 Å². The number of aryl methyl sites for hydroxylation is 3. The first-order valence-corrected chi connectivity index (χ1v) is 35.8. The number of aromatic nitrogens is 9. The van der Waals surface area contributed by atoms with Gasteiger partial charge in [-0.2, -0.15) is 15.3 Å². The molecule has 6 atom stereocenters. The number of nitrogens with zero attached hydrogens (tertiary/aromatic N) is 8. The van der Waals surface area contributed by atoms with Crippen molar-refractivity contribution in [1.82, 2.24) is 60.7 Å².